The Labute approximate surface area is 123 Å². The molecule has 3 nitrogen and oxygen atoms in total. The highest BCUT2D eigenvalue weighted by Gasteiger charge is 2.13. The molecule has 0 aliphatic heterocycles. The van der Waals surface area contributed by atoms with Gasteiger partial charge in [-0.15, -0.1) is 11.3 Å². The molecule has 0 aromatic carbocycles. The van der Waals surface area contributed by atoms with Gasteiger partial charge in [0.15, 0.2) is 0 Å². The minimum absolute atomic E-state index is 0.786. The molecule has 0 saturated carbocycles. The number of nitrogens with zero attached hydrogens (tertiary/aromatic N) is 2. The van der Waals surface area contributed by atoms with Gasteiger partial charge in [-0.2, -0.15) is 0 Å². The summed E-state index contributed by atoms with van der Waals surface area (Å²) in [7, 11) is 0. The molecule has 0 radical (unpaired) electrons. The molecule has 0 spiro atoms. The summed E-state index contributed by atoms with van der Waals surface area (Å²) in [5.41, 5.74) is 2.08. The molecule has 2 rings (SSSR count). The fraction of sp³-hybridized carbons (Fsp3) is 0.429. The number of aryl methyl sites for hydroxylation is 1. The maximum Gasteiger partial charge on any atom is 0.133 e. The van der Waals surface area contributed by atoms with E-state index in [0.717, 1.165) is 51.5 Å². The van der Waals surface area contributed by atoms with Crippen molar-refractivity contribution >= 4 is 28.8 Å². The third kappa shape index (κ3) is 3.25. The number of aromatic nitrogens is 2. The number of thiophene rings is 1. The summed E-state index contributed by atoms with van der Waals surface area (Å²) in [6.07, 6.45) is 1.90. The van der Waals surface area contributed by atoms with Crippen molar-refractivity contribution in [2.75, 3.05) is 11.9 Å². The normalized spacial score (nSPS) is 10.7. The van der Waals surface area contributed by atoms with E-state index in [4.69, 9.17) is 11.6 Å². The summed E-state index contributed by atoms with van der Waals surface area (Å²) >= 11 is 7.57. The van der Waals surface area contributed by atoms with Crippen LogP contribution in [0.2, 0.25) is 4.34 Å². The van der Waals surface area contributed by atoms with Gasteiger partial charge in [0.2, 0.25) is 0 Å². The third-order valence-electron chi connectivity index (χ3n) is 2.86. The van der Waals surface area contributed by atoms with Crippen molar-refractivity contribution in [3.8, 4) is 10.6 Å². The molecule has 0 aliphatic rings. The van der Waals surface area contributed by atoms with E-state index in [-0.39, 0.29) is 0 Å². The van der Waals surface area contributed by atoms with Gasteiger partial charge in [-0.05, 0) is 25.5 Å². The van der Waals surface area contributed by atoms with Crippen molar-refractivity contribution in [3.63, 3.8) is 0 Å². The van der Waals surface area contributed by atoms with Crippen LogP contribution >= 0.6 is 22.9 Å². The molecular formula is C14H18ClN3S. The van der Waals surface area contributed by atoms with E-state index >= 15 is 0 Å². The van der Waals surface area contributed by atoms with Crippen molar-refractivity contribution in [2.45, 2.75) is 33.6 Å². The summed E-state index contributed by atoms with van der Waals surface area (Å²) < 4.78 is 0.786. The Morgan fingerprint density at radius 2 is 2.05 bits per heavy atom. The Morgan fingerprint density at radius 1 is 1.26 bits per heavy atom. The van der Waals surface area contributed by atoms with E-state index in [0.29, 0.717) is 0 Å². The van der Waals surface area contributed by atoms with Crippen molar-refractivity contribution in [1.29, 1.82) is 0 Å². The van der Waals surface area contributed by atoms with E-state index in [9.17, 15) is 0 Å². The van der Waals surface area contributed by atoms with Gasteiger partial charge in [0.05, 0.1) is 14.9 Å². The number of halogens is 1. The van der Waals surface area contributed by atoms with Crippen LogP contribution in [0.4, 0.5) is 5.82 Å². The molecule has 0 fully saturated rings. The van der Waals surface area contributed by atoms with Crippen LogP contribution in [0, 0.1) is 6.92 Å². The van der Waals surface area contributed by atoms with Gasteiger partial charge in [-0.3, -0.25) is 0 Å². The molecule has 1 N–H and O–H groups in total. The molecule has 0 atom stereocenters. The quantitative estimate of drug-likeness (QED) is 0.879. The molecule has 0 bridgehead atoms. The van der Waals surface area contributed by atoms with Crippen LogP contribution < -0.4 is 5.32 Å². The molecule has 0 saturated heterocycles. The van der Waals surface area contributed by atoms with Crippen molar-refractivity contribution < 1.29 is 0 Å². The fourth-order valence-electron chi connectivity index (χ4n) is 1.82. The van der Waals surface area contributed by atoms with Crippen molar-refractivity contribution in [1.82, 2.24) is 9.97 Å². The number of anilines is 1. The Hall–Kier alpha value is -1.13. The van der Waals surface area contributed by atoms with Crippen LogP contribution in [-0.2, 0) is 6.42 Å². The van der Waals surface area contributed by atoms with E-state index < -0.39 is 0 Å². The van der Waals surface area contributed by atoms with E-state index in [1.807, 2.05) is 12.1 Å². The first kappa shape index (κ1) is 14.3. The summed E-state index contributed by atoms with van der Waals surface area (Å²) in [4.78, 5) is 10.3. The molecule has 2 heterocycles. The standard InChI is InChI=1S/C14H18ClN3S/c1-4-8-16-14-9(3)13(17-12(5-2)18-14)10-6-7-11(15)19-10/h6-7H,4-5,8H2,1-3H3,(H,16,17,18). The Morgan fingerprint density at radius 3 is 2.63 bits per heavy atom. The second kappa shape index (κ2) is 6.35. The van der Waals surface area contributed by atoms with Crippen molar-refractivity contribution in [2.24, 2.45) is 0 Å². The summed E-state index contributed by atoms with van der Waals surface area (Å²) in [6.45, 7) is 7.19. The SMILES string of the molecule is CCCNc1nc(CC)nc(-c2ccc(Cl)s2)c1C. The topological polar surface area (TPSA) is 37.8 Å². The highest BCUT2D eigenvalue weighted by atomic mass is 35.5. The maximum atomic E-state index is 6.02. The lowest BCUT2D eigenvalue weighted by Gasteiger charge is -2.12. The van der Waals surface area contributed by atoms with Gasteiger partial charge in [-0.25, -0.2) is 9.97 Å². The largest absolute Gasteiger partial charge is 0.370 e. The number of rotatable bonds is 5. The van der Waals surface area contributed by atoms with E-state index in [2.05, 4.69) is 36.1 Å². The molecular weight excluding hydrogens is 278 g/mol. The smallest absolute Gasteiger partial charge is 0.133 e. The van der Waals surface area contributed by atoms with Crippen molar-refractivity contribution in [3.05, 3.63) is 27.9 Å². The second-order valence-electron chi connectivity index (χ2n) is 4.35. The Bertz CT molecular complexity index is 566. The van der Waals surface area contributed by atoms with Gasteiger partial charge >= 0.3 is 0 Å². The molecule has 2 aromatic heterocycles. The summed E-state index contributed by atoms with van der Waals surface area (Å²) in [5, 5.41) is 3.37. The number of hydrogen-bond donors (Lipinski definition) is 1. The molecule has 0 aliphatic carbocycles. The number of hydrogen-bond acceptors (Lipinski definition) is 4. The van der Waals surface area contributed by atoms with Crippen LogP contribution in [0.15, 0.2) is 12.1 Å². The zero-order valence-corrected chi connectivity index (χ0v) is 13.0. The molecule has 0 amide bonds. The predicted octanol–water partition coefficient (Wildman–Crippen LogP) is 4.55. The first-order valence-corrected chi connectivity index (χ1v) is 7.72. The average Bonchev–Trinajstić information content (AvgIpc) is 2.84. The molecule has 102 valence electrons. The van der Waals surface area contributed by atoms with Crippen LogP contribution in [-0.4, -0.2) is 16.5 Å². The molecule has 19 heavy (non-hydrogen) atoms. The zero-order valence-electron chi connectivity index (χ0n) is 11.5. The Kier molecular flexibility index (Phi) is 4.77. The lowest BCUT2D eigenvalue weighted by Crippen LogP contribution is -2.08. The average molecular weight is 296 g/mol. The highest BCUT2D eigenvalue weighted by molar-refractivity contribution is 7.19. The second-order valence-corrected chi connectivity index (χ2v) is 6.06. The monoisotopic (exact) mass is 295 g/mol. The van der Waals surface area contributed by atoms with Crippen LogP contribution in [0.1, 0.15) is 31.7 Å². The summed E-state index contributed by atoms with van der Waals surface area (Å²) in [6, 6.07) is 3.93. The maximum absolute atomic E-state index is 6.02. The van der Waals surface area contributed by atoms with Gasteiger partial charge in [-0.1, -0.05) is 25.4 Å². The van der Waals surface area contributed by atoms with Crippen LogP contribution in [0.3, 0.4) is 0 Å². The Balaban J connectivity index is 2.47. The first-order chi connectivity index (χ1) is 9.15. The van der Waals surface area contributed by atoms with Gasteiger partial charge in [0.1, 0.15) is 11.6 Å². The zero-order chi connectivity index (χ0) is 13.8. The van der Waals surface area contributed by atoms with E-state index in [1.54, 1.807) is 11.3 Å². The molecule has 2 aromatic rings. The molecule has 0 unspecified atom stereocenters. The third-order valence-corrected chi connectivity index (χ3v) is 4.10. The fourth-order valence-corrected chi connectivity index (χ4v) is 2.91. The van der Waals surface area contributed by atoms with Crippen LogP contribution in [0.5, 0.6) is 0 Å². The van der Waals surface area contributed by atoms with E-state index in [1.165, 1.54) is 0 Å². The lowest BCUT2D eigenvalue weighted by molar-refractivity contribution is 0.911. The first-order valence-electron chi connectivity index (χ1n) is 6.52. The highest BCUT2D eigenvalue weighted by Crippen LogP contribution is 2.33. The minimum Gasteiger partial charge on any atom is -0.370 e. The predicted molar refractivity (Wildman–Crippen MR) is 83.3 cm³/mol. The molecule has 5 heteroatoms. The van der Waals surface area contributed by atoms with Gasteiger partial charge in [0, 0.05) is 18.5 Å². The summed E-state index contributed by atoms with van der Waals surface area (Å²) in [5.74, 6) is 1.80. The number of nitrogens with one attached hydrogen (secondary N) is 1. The van der Waals surface area contributed by atoms with Crippen LogP contribution in [0.25, 0.3) is 10.6 Å². The van der Waals surface area contributed by atoms with Gasteiger partial charge in [0.25, 0.3) is 0 Å². The lowest BCUT2D eigenvalue weighted by atomic mass is 10.2. The minimum atomic E-state index is 0.786. The van der Waals surface area contributed by atoms with Gasteiger partial charge < -0.3 is 5.32 Å².